The van der Waals surface area contributed by atoms with E-state index in [-0.39, 0.29) is 10.8 Å². The second-order valence-corrected chi connectivity index (χ2v) is 7.60. The lowest BCUT2D eigenvalue weighted by Gasteiger charge is -2.64. The van der Waals surface area contributed by atoms with Crippen LogP contribution in [-0.4, -0.2) is 16.4 Å². The topological polar surface area (TPSA) is 37.3 Å². The van der Waals surface area contributed by atoms with E-state index in [0.29, 0.717) is 11.3 Å². The van der Waals surface area contributed by atoms with Crippen molar-refractivity contribution in [2.75, 3.05) is 5.33 Å². The first kappa shape index (κ1) is 11.1. The minimum Gasteiger partial charge on any atom is -0.481 e. The second-order valence-electron chi connectivity index (χ2n) is 7.04. The van der Waals surface area contributed by atoms with Crippen LogP contribution >= 0.6 is 15.9 Å². The van der Waals surface area contributed by atoms with E-state index in [0.717, 1.165) is 24.6 Å². The molecule has 4 aliphatic rings. The fraction of sp³-hybridized carbons (Fsp3) is 0.923. The van der Waals surface area contributed by atoms with E-state index in [1.54, 1.807) is 0 Å². The van der Waals surface area contributed by atoms with E-state index in [2.05, 4.69) is 22.9 Å². The fourth-order valence-electron chi connectivity index (χ4n) is 5.53. The summed E-state index contributed by atoms with van der Waals surface area (Å²) >= 11 is 3.64. The maximum atomic E-state index is 11.6. The first-order chi connectivity index (χ1) is 7.41. The molecule has 0 radical (unpaired) electrons. The van der Waals surface area contributed by atoms with Gasteiger partial charge in [-0.3, -0.25) is 4.79 Å². The third kappa shape index (κ3) is 1.33. The molecule has 4 aliphatic carbocycles. The van der Waals surface area contributed by atoms with E-state index in [1.807, 2.05) is 0 Å². The number of carboxylic acids is 1. The van der Waals surface area contributed by atoms with Crippen molar-refractivity contribution in [3.8, 4) is 0 Å². The molecule has 0 aromatic carbocycles. The maximum Gasteiger partial charge on any atom is 0.309 e. The summed E-state index contributed by atoms with van der Waals surface area (Å²) in [5, 5.41) is 10.6. The Hall–Kier alpha value is -0.0500. The summed E-state index contributed by atoms with van der Waals surface area (Å²) in [5.74, 6) is 0.128. The highest BCUT2D eigenvalue weighted by atomic mass is 79.9. The Kier molecular flexibility index (Phi) is 2.10. The lowest BCUT2D eigenvalue weighted by molar-refractivity contribution is -0.184. The van der Waals surface area contributed by atoms with Crippen molar-refractivity contribution in [3.63, 3.8) is 0 Å². The van der Waals surface area contributed by atoms with Gasteiger partial charge in [-0.05, 0) is 55.3 Å². The van der Waals surface area contributed by atoms with Crippen LogP contribution in [0, 0.1) is 22.2 Å². The highest BCUT2D eigenvalue weighted by Crippen LogP contribution is 2.69. The minimum atomic E-state index is -0.534. The van der Waals surface area contributed by atoms with Gasteiger partial charge in [0.1, 0.15) is 0 Å². The summed E-state index contributed by atoms with van der Waals surface area (Å²) in [6, 6.07) is 0. The van der Waals surface area contributed by atoms with Crippen LogP contribution in [0.5, 0.6) is 0 Å². The van der Waals surface area contributed by atoms with Crippen LogP contribution in [0.25, 0.3) is 0 Å². The fourth-order valence-corrected chi connectivity index (χ4v) is 6.15. The van der Waals surface area contributed by atoms with Crippen molar-refractivity contribution >= 4 is 21.9 Å². The van der Waals surface area contributed by atoms with Gasteiger partial charge < -0.3 is 5.11 Å². The van der Waals surface area contributed by atoms with Crippen LogP contribution in [0.1, 0.15) is 45.4 Å². The van der Waals surface area contributed by atoms with Crippen LogP contribution in [0.2, 0.25) is 0 Å². The zero-order valence-electron chi connectivity index (χ0n) is 9.76. The van der Waals surface area contributed by atoms with Crippen LogP contribution in [-0.2, 0) is 4.79 Å². The summed E-state index contributed by atoms with van der Waals surface area (Å²) < 4.78 is 0. The first-order valence-electron chi connectivity index (χ1n) is 6.21. The summed E-state index contributed by atoms with van der Waals surface area (Å²) in [6.07, 6.45) is 6.51. The molecular formula is C13H19BrO2. The summed E-state index contributed by atoms with van der Waals surface area (Å²) in [7, 11) is 0. The van der Waals surface area contributed by atoms with Crippen molar-refractivity contribution in [2.45, 2.75) is 45.4 Å². The molecule has 0 heterocycles. The summed E-state index contributed by atoms with van der Waals surface area (Å²) in [5.41, 5.74) is 0.195. The summed E-state index contributed by atoms with van der Waals surface area (Å²) in [6.45, 7) is 2.31. The van der Waals surface area contributed by atoms with Gasteiger partial charge >= 0.3 is 5.97 Å². The molecule has 90 valence electrons. The second kappa shape index (κ2) is 3.04. The molecule has 4 rings (SSSR count). The predicted molar refractivity (Wildman–Crippen MR) is 65.6 cm³/mol. The standard InChI is InChI=1S/C13H19BrO2/c1-11-2-9-3-12(5-11,8-14)7-13(4-9,6-11)10(15)16/h9H,2-8H2,1H3,(H,15,16)/t9-,11+,12-,13-/m1/s1. The average molecular weight is 287 g/mol. The molecule has 4 saturated carbocycles. The number of carbonyl (C=O) groups is 1. The molecule has 3 heteroatoms. The molecule has 0 amide bonds. The Bertz CT molecular complexity index is 356. The number of hydrogen-bond donors (Lipinski definition) is 1. The summed E-state index contributed by atoms with van der Waals surface area (Å²) in [4.78, 5) is 11.6. The Morgan fingerprint density at radius 2 is 2.06 bits per heavy atom. The molecule has 0 unspecified atom stereocenters. The predicted octanol–water partition coefficient (Wildman–Crippen LogP) is 3.44. The highest BCUT2D eigenvalue weighted by Gasteiger charge is 2.64. The molecule has 16 heavy (non-hydrogen) atoms. The van der Waals surface area contributed by atoms with Crippen molar-refractivity contribution in [1.82, 2.24) is 0 Å². The molecule has 4 fully saturated rings. The van der Waals surface area contributed by atoms with Gasteiger partial charge in [0.25, 0.3) is 0 Å². The molecule has 2 nitrogen and oxygen atoms in total. The molecule has 0 saturated heterocycles. The van der Waals surface area contributed by atoms with E-state index in [4.69, 9.17) is 0 Å². The quantitative estimate of drug-likeness (QED) is 0.790. The maximum absolute atomic E-state index is 11.6. The SMILES string of the molecule is C[C@]12C[C@@H]3C[C@@](CBr)(C1)C[C@@](C(=O)O)(C3)C2. The number of halogens is 1. The van der Waals surface area contributed by atoms with Gasteiger partial charge in [0.05, 0.1) is 5.41 Å². The molecule has 0 aliphatic heterocycles. The number of carboxylic acid groups (broad SMARTS) is 1. The lowest BCUT2D eigenvalue weighted by Crippen LogP contribution is -2.59. The number of rotatable bonds is 2. The Morgan fingerprint density at radius 3 is 2.62 bits per heavy atom. The van der Waals surface area contributed by atoms with Gasteiger partial charge in [0.15, 0.2) is 0 Å². The molecule has 0 aromatic rings. The van der Waals surface area contributed by atoms with Crippen LogP contribution in [0.3, 0.4) is 0 Å². The van der Waals surface area contributed by atoms with Gasteiger partial charge in [-0.1, -0.05) is 22.9 Å². The number of aliphatic carboxylic acids is 1. The molecule has 4 atom stereocenters. The molecular weight excluding hydrogens is 268 g/mol. The third-order valence-corrected chi connectivity index (χ3v) is 6.39. The minimum absolute atomic E-state index is 0.284. The van der Waals surface area contributed by atoms with Crippen LogP contribution < -0.4 is 0 Å². The molecule has 0 spiro atoms. The van der Waals surface area contributed by atoms with Gasteiger partial charge in [-0.25, -0.2) is 0 Å². The van der Waals surface area contributed by atoms with E-state index in [9.17, 15) is 9.90 Å². The Labute approximate surface area is 105 Å². The monoisotopic (exact) mass is 286 g/mol. The van der Waals surface area contributed by atoms with Crippen molar-refractivity contribution < 1.29 is 9.90 Å². The van der Waals surface area contributed by atoms with Gasteiger partial charge in [0.2, 0.25) is 0 Å². The molecule has 0 aromatic heterocycles. The third-order valence-electron chi connectivity index (χ3n) is 5.20. The molecule has 4 bridgehead atoms. The number of hydrogen-bond acceptors (Lipinski definition) is 1. The zero-order valence-corrected chi connectivity index (χ0v) is 11.3. The number of alkyl halides is 1. The normalized spacial score (nSPS) is 54.2. The van der Waals surface area contributed by atoms with Crippen LogP contribution in [0.4, 0.5) is 0 Å². The zero-order chi connectivity index (χ0) is 11.6. The van der Waals surface area contributed by atoms with Crippen LogP contribution in [0.15, 0.2) is 0 Å². The van der Waals surface area contributed by atoms with E-state index < -0.39 is 5.97 Å². The van der Waals surface area contributed by atoms with E-state index in [1.165, 1.54) is 19.3 Å². The van der Waals surface area contributed by atoms with Crippen molar-refractivity contribution in [1.29, 1.82) is 0 Å². The average Bonchev–Trinajstić information content (AvgIpc) is 2.13. The van der Waals surface area contributed by atoms with Crippen molar-refractivity contribution in [3.05, 3.63) is 0 Å². The molecule has 1 N–H and O–H groups in total. The van der Waals surface area contributed by atoms with E-state index >= 15 is 0 Å². The largest absolute Gasteiger partial charge is 0.481 e. The van der Waals surface area contributed by atoms with Gasteiger partial charge in [0, 0.05) is 5.33 Å². The highest BCUT2D eigenvalue weighted by molar-refractivity contribution is 9.09. The Morgan fingerprint density at radius 1 is 1.31 bits per heavy atom. The Balaban J connectivity index is 2.04. The lowest BCUT2D eigenvalue weighted by atomic mass is 9.40. The van der Waals surface area contributed by atoms with Gasteiger partial charge in [-0.15, -0.1) is 0 Å². The first-order valence-corrected chi connectivity index (χ1v) is 7.33. The van der Waals surface area contributed by atoms with Crippen molar-refractivity contribution in [2.24, 2.45) is 22.2 Å². The smallest absolute Gasteiger partial charge is 0.309 e. The van der Waals surface area contributed by atoms with Gasteiger partial charge in [-0.2, -0.15) is 0 Å².